The summed E-state index contributed by atoms with van der Waals surface area (Å²) in [6.45, 7) is 5.78. The molecular weight excluding hydrogens is 376 g/mol. The average Bonchev–Trinajstić information content (AvgIpc) is 2.97. The number of nitrogens with one attached hydrogen (secondary N) is 1. The maximum atomic E-state index is 12.5. The van der Waals surface area contributed by atoms with E-state index < -0.39 is 21.5 Å². The van der Waals surface area contributed by atoms with Gasteiger partial charge in [0.25, 0.3) is 0 Å². The molecule has 1 N–H and O–H groups in total. The number of aromatic nitrogens is 1. The van der Waals surface area contributed by atoms with E-state index in [1.807, 2.05) is 31.2 Å². The molecule has 0 unspecified atom stereocenters. The fraction of sp³-hybridized carbons (Fsp3) is 0.524. The van der Waals surface area contributed by atoms with E-state index in [0.29, 0.717) is 23.3 Å². The van der Waals surface area contributed by atoms with E-state index in [-0.39, 0.29) is 11.8 Å². The van der Waals surface area contributed by atoms with E-state index in [1.54, 1.807) is 6.92 Å². The molecule has 1 heterocycles. The minimum absolute atomic E-state index is 0.0679. The van der Waals surface area contributed by atoms with Crippen LogP contribution in [-0.2, 0) is 20.4 Å². The van der Waals surface area contributed by atoms with E-state index in [4.69, 9.17) is 4.42 Å². The second-order valence-electron chi connectivity index (χ2n) is 7.86. The molecule has 0 aliphatic heterocycles. The highest BCUT2D eigenvalue weighted by atomic mass is 32.2. The lowest BCUT2D eigenvalue weighted by molar-refractivity contribution is -0.119. The summed E-state index contributed by atoms with van der Waals surface area (Å²) < 4.78 is 30.7. The molecule has 1 aliphatic carbocycles. The second kappa shape index (κ2) is 8.47. The number of hydrogen-bond acceptors (Lipinski definition) is 5. The van der Waals surface area contributed by atoms with Gasteiger partial charge in [-0.3, -0.25) is 4.79 Å². The number of hydrogen-bond donors (Lipinski definition) is 1. The van der Waals surface area contributed by atoms with Gasteiger partial charge in [0, 0.05) is 11.6 Å². The number of sulfone groups is 1. The first-order valence-electron chi connectivity index (χ1n) is 9.76. The number of benzene rings is 1. The molecule has 2 aromatic rings. The Balaban J connectivity index is 1.65. The third-order valence-electron chi connectivity index (χ3n) is 5.36. The molecule has 1 aromatic heterocycles. The van der Waals surface area contributed by atoms with Crippen LogP contribution in [0.25, 0.3) is 11.5 Å². The van der Waals surface area contributed by atoms with Crippen LogP contribution in [0.4, 0.5) is 0 Å². The molecule has 28 heavy (non-hydrogen) atoms. The molecule has 3 rings (SSSR count). The van der Waals surface area contributed by atoms with Crippen molar-refractivity contribution in [2.45, 2.75) is 58.2 Å². The van der Waals surface area contributed by atoms with E-state index >= 15 is 0 Å². The van der Waals surface area contributed by atoms with Gasteiger partial charge in [0.05, 0.1) is 11.4 Å². The summed E-state index contributed by atoms with van der Waals surface area (Å²) in [6.07, 6.45) is 4.22. The van der Waals surface area contributed by atoms with Crippen LogP contribution in [0.3, 0.4) is 0 Å². The molecule has 0 radical (unpaired) electrons. The van der Waals surface area contributed by atoms with E-state index in [0.717, 1.165) is 30.4 Å². The van der Waals surface area contributed by atoms with Crippen molar-refractivity contribution in [1.29, 1.82) is 0 Å². The van der Waals surface area contributed by atoms with Gasteiger partial charge in [0.1, 0.15) is 11.5 Å². The molecule has 7 heteroatoms. The summed E-state index contributed by atoms with van der Waals surface area (Å²) in [7, 11) is -3.63. The normalized spacial score (nSPS) is 20.1. The van der Waals surface area contributed by atoms with Crippen molar-refractivity contribution in [3.8, 4) is 11.5 Å². The molecule has 0 saturated heterocycles. The minimum atomic E-state index is -3.63. The number of amides is 1. The topological polar surface area (TPSA) is 89.3 Å². The molecule has 152 valence electrons. The highest BCUT2D eigenvalue weighted by Gasteiger charge is 2.26. The summed E-state index contributed by atoms with van der Waals surface area (Å²) in [5, 5.41) is 2.90. The van der Waals surface area contributed by atoms with E-state index in [1.165, 1.54) is 6.42 Å². The van der Waals surface area contributed by atoms with Gasteiger partial charge in [0.15, 0.2) is 9.84 Å². The third kappa shape index (κ3) is 5.22. The van der Waals surface area contributed by atoms with Crippen LogP contribution in [0.15, 0.2) is 28.7 Å². The van der Waals surface area contributed by atoms with Crippen LogP contribution < -0.4 is 5.32 Å². The van der Waals surface area contributed by atoms with Gasteiger partial charge in [-0.2, -0.15) is 0 Å². The van der Waals surface area contributed by atoms with Crippen molar-refractivity contribution in [2.24, 2.45) is 5.92 Å². The number of oxazole rings is 1. The average molecular weight is 405 g/mol. The maximum absolute atomic E-state index is 12.5. The summed E-state index contributed by atoms with van der Waals surface area (Å²) in [5.74, 6) is -0.0259. The standard InChI is InChI=1S/C21H28N2O4S/c1-14-8-10-17(11-9-14)21-23-19(16(3)27-21)12-28(25,26)13-20(24)22-18-7-5-4-6-15(18)2/h8-11,15,18H,4-7,12-13H2,1-3H3,(H,22,24)/t15-,18-/m1/s1. The smallest absolute Gasteiger partial charge is 0.235 e. The van der Waals surface area contributed by atoms with E-state index in [2.05, 4.69) is 17.2 Å². The monoisotopic (exact) mass is 404 g/mol. The largest absolute Gasteiger partial charge is 0.441 e. The predicted molar refractivity (Wildman–Crippen MR) is 108 cm³/mol. The van der Waals surface area contributed by atoms with Crippen molar-refractivity contribution in [3.05, 3.63) is 41.3 Å². The molecule has 2 atom stereocenters. The summed E-state index contributed by atoms with van der Waals surface area (Å²) >= 11 is 0. The Morgan fingerprint density at radius 3 is 2.54 bits per heavy atom. The van der Waals surface area contributed by atoms with Crippen LogP contribution in [0.5, 0.6) is 0 Å². The van der Waals surface area contributed by atoms with Gasteiger partial charge >= 0.3 is 0 Å². The zero-order valence-corrected chi connectivity index (χ0v) is 17.5. The highest BCUT2D eigenvalue weighted by molar-refractivity contribution is 7.91. The summed E-state index contributed by atoms with van der Waals surface area (Å²) in [5.41, 5.74) is 2.27. The predicted octanol–water partition coefficient (Wildman–Crippen LogP) is 3.57. The van der Waals surface area contributed by atoms with Crippen LogP contribution >= 0.6 is 0 Å². The van der Waals surface area contributed by atoms with E-state index in [9.17, 15) is 13.2 Å². The van der Waals surface area contributed by atoms with Gasteiger partial charge < -0.3 is 9.73 Å². The number of aryl methyl sites for hydroxylation is 2. The summed E-state index contributed by atoms with van der Waals surface area (Å²) in [4.78, 5) is 16.6. The lowest BCUT2D eigenvalue weighted by atomic mass is 9.86. The Labute approximate surface area is 166 Å². The van der Waals surface area contributed by atoms with Crippen LogP contribution in [0.2, 0.25) is 0 Å². The lowest BCUT2D eigenvalue weighted by Gasteiger charge is -2.29. The van der Waals surface area contributed by atoms with Crippen molar-refractivity contribution >= 4 is 15.7 Å². The number of nitrogens with zero attached hydrogens (tertiary/aromatic N) is 1. The first-order chi connectivity index (χ1) is 13.2. The fourth-order valence-electron chi connectivity index (χ4n) is 3.62. The molecule has 0 bridgehead atoms. The fourth-order valence-corrected chi connectivity index (χ4v) is 4.89. The summed E-state index contributed by atoms with van der Waals surface area (Å²) in [6, 6.07) is 7.73. The number of carbonyl (C=O) groups excluding carboxylic acids is 1. The Hall–Kier alpha value is -2.15. The molecule has 1 amide bonds. The molecule has 1 aromatic carbocycles. The molecule has 1 saturated carbocycles. The van der Waals surface area contributed by atoms with Crippen LogP contribution in [0, 0.1) is 19.8 Å². The highest BCUT2D eigenvalue weighted by Crippen LogP contribution is 2.25. The Morgan fingerprint density at radius 2 is 1.86 bits per heavy atom. The Bertz CT molecular complexity index is 932. The molecule has 6 nitrogen and oxygen atoms in total. The van der Waals surface area contributed by atoms with Crippen molar-refractivity contribution in [1.82, 2.24) is 10.3 Å². The van der Waals surface area contributed by atoms with Gasteiger partial charge in [-0.1, -0.05) is 37.5 Å². The third-order valence-corrected chi connectivity index (χ3v) is 6.77. The minimum Gasteiger partial charge on any atom is -0.441 e. The zero-order chi connectivity index (χ0) is 20.3. The quantitative estimate of drug-likeness (QED) is 0.795. The number of rotatable bonds is 6. The molecule has 1 fully saturated rings. The van der Waals surface area contributed by atoms with Gasteiger partial charge in [0.2, 0.25) is 11.8 Å². The lowest BCUT2D eigenvalue weighted by Crippen LogP contribution is -2.43. The Morgan fingerprint density at radius 1 is 1.18 bits per heavy atom. The molecule has 0 spiro atoms. The van der Waals surface area contributed by atoms with Crippen LogP contribution in [0.1, 0.15) is 49.6 Å². The maximum Gasteiger partial charge on any atom is 0.235 e. The molecule has 1 aliphatic rings. The number of carbonyl (C=O) groups is 1. The van der Waals surface area contributed by atoms with Gasteiger partial charge in [-0.25, -0.2) is 13.4 Å². The first-order valence-corrected chi connectivity index (χ1v) is 11.6. The second-order valence-corrected chi connectivity index (χ2v) is 9.92. The molecular formula is C21H28N2O4S. The Kier molecular flexibility index (Phi) is 6.23. The van der Waals surface area contributed by atoms with Crippen LogP contribution in [-0.4, -0.2) is 31.1 Å². The van der Waals surface area contributed by atoms with Crippen molar-refractivity contribution in [3.63, 3.8) is 0 Å². The zero-order valence-electron chi connectivity index (χ0n) is 16.7. The van der Waals surface area contributed by atoms with Crippen molar-refractivity contribution < 1.29 is 17.6 Å². The van der Waals surface area contributed by atoms with Gasteiger partial charge in [-0.05, 0) is 44.7 Å². The first kappa shape index (κ1) is 20.6. The SMILES string of the molecule is Cc1ccc(-c2nc(CS(=O)(=O)CC(=O)N[C@@H]3CCCC[C@H]3C)c(C)o2)cc1. The van der Waals surface area contributed by atoms with Crippen molar-refractivity contribution in [2.75, 3.05) is 5.75 Å². The van der Waals surface area contributed by atoms with Gasteiger partial charge in [-0.15, -0.1) is 0 Å².